The number of hydrogen-bond acceptors (Lipinski definition) is 2. The van der Waals surface area contributed by atoms with E-state index in [-0.39, 0.29) is 0 Å². The van der Waals surface area contributed by atoms with Gasteiger partial charge in [-0.1, -0.05) is 25.3 Å². The molecule has 78 valence electrons. The van der Waals surface area contributed by atoms with Crippen molar-refractivity contribution >= 4 is 11.3 Å². The van der Waals surface area contributed by atoms with Crippen LogP contribution in [0.25, 0.3) is 0 Å². The molecule has 1 aromatic heterocycles. The van der Waals surface area contributed by atoms with Gasteiger partial charge in [0, 0.05) is 10.9 Å². The van der Waals surface area contributed by atoms with E-state index in [4.69, 9.17) is 5.73 Å². The van der Waals surface area contributed by atoms with Crippen molar-refractivity contribution in [2.75, 3.05) is 0 Å². The maximum absolute atomic E-state index is 6.25. The van der Waals surface area contributed by atoms with E-state index in [2.05, 4.69) is 17.5 Å². The second-order valence-electron chi connectivity index (χ2n) is 4.35. The van der Waals surface area contributed by atoms with Crippen molar-refractivity contribution in [3.63, 3.8) is 0 Å². The highest BCUT2D eigenvalue weighted by atomic mass is 32.1. The van der Waals surface area contributed by atoms with E-state index < -0.39 is 0 Å². The van der Waals surface area contributed by atoms with E-state index in [9.17, 15) is 0 Å². The maximum atomic E-state index is 6.25. The van der Waals surface area contributed by atoms with E-state index in [1.807, 2.05) is 11.3 Å². The smallest absolute Gasteiger partial charge is 0.0116 e. The van der Waals surface area contributed by atoms with Crippen molar-refractivity contribution in [3.8, 4) is 0 Å². The van der Waals surface area contributed by atoms with Gasteiger partial charge in [-0.3, -0.25) is 0 Å². The molecule has 1 nitrogen and oxygen atoms in total. The van der Waals surface area contributed by atoms with Gasteiger partial charge in [0.15, 0.2) is 0 Å². The Balaban J connectivity index is 1.85. The van der Waals surface area contributed by atoms with Gasteiger partial charge in [-0.2, -0.15) is 0 Å². The van der Waals surface area contributed by atoms with Crippen LogP contribution >= 0.6 is 11.3 Å². The molecule has 14 heavy (non-hydrogen) atoms. The molecule has 1 aromatic rings. The highest BCUT2D eigenvalue weighted by Gasteiger charge is 2.20. The van der Waals surface area contributed by atoms with Crippen molar-refractivity contribution in [3.05, 3.63) is 22.4 Å². The predicted octanol–water partition coefficient (Wildman–Crippen LogP) is 3.20. The Morgan fingerprint density at radius 3 is 2.79 bits per heavy atom. The number of nitrogens with two attached hydrogens (primary N) is 1. The average Bonchev–Trinajstić information content (AvgIpc) is 2.72. The molecular formula is C12H19NS. The Morgan fingerprint density at radius 2 is 2.14 bits per heavy atom. The fourth-order valence-electron chi connectivity index (χ4n) is 2.39. The highest BCUT2D eigenvalue weighted by Crippen LogP contribution is 2.27. The molecule has 1 unspecified atom stereocenters. The zero-order valence-electron chi connectivity index (χ0n) is 8.61. The van der Waals surface area contributed by atoms with Crippen LogP contribution in [0.15, 0.2) is 17.5 Å². The summed E-state index contributed by atoms with van der Waals surface area (Å²) in [7, 11) is 0. The lowest BCUT2D eigenvalue weighted by molar-refractivity contribution is 0.304. The molecule has 0 radical (unpaired) electrons. The number of thiophene rings is 1. The van der Waals surface area contributed by atoms with Gasteiger partial charge in [-0.15, -0.1) is 11.3 Å². The van der Waals surface area contributed by atoms with Crippen molar-refractivity contribution in [1.29, 1.82) is 0 Å². The molecule has 0 saturated heterocycles. The first kappa shape index (κ1) is 10.2. The van der Waals surface area contributed by atoms with Crippen LogP contribution in [0.4, 0.5) is 0 Å². The molecule has 1 heterocycles. The molecule has 1 aliphatic rings. The normalized spacial score (nSPS) is 20.9. The monoisotopic (exact) mass is 209 g/mol. The first-order chi connectivity index (χ1) is 6.86. The van der Waals surface area contributed by atoms with Crippen LogP contribution in [0.1, 0.15) is 37.0 Å². The standard InChI is InChI=1S/C12H19NS/c13-12(9-11-7-4-8-14-11)10-5-2-1-3-6-10/h4,7-8,10,12H,1-3,5-6,9,13H2. The van der Waals surface area contributed by atoms with E-state index in [0.717, 1.165) is 12.3 Å². The van der Waals surface area contributed by atoms with Gasteiger partial charge in [0.1, 0.15) is 0 Å². The third-order valence-corrected chi connectivity index (χ3v) is 4.17. The Kier molecular flexibility index (Phi) is 3.60. The van der Waals surface area contributed by atoms with Crippen molar-refractivity contribution in [2.45, 2.75) is 44.6 Å². The summed E-state index contributed by atoms with van der Waals surface area (Å²) in [6, 6.07) is 4.72. The molecule has 1 fully saturated rings. The average molecular weight is 209 g/mol. The molecule has 1 saturated carbocycles. The number of hydrogen-bond donors (Lipinski definition) is 1. The summed E-state index contributed by atoms with van der Waals surface area (Å²) in [5.41, 5.74) is 6.25. The minimum absolute atomic E-state index is 0.397. The second-order valence-corrected chi connectivity index (χ2v) is 5.38. The lowest BCUT2D eigenvalue weighted by Crippen LogP contribution is -2.33. The Labute approximate surface area is 90.3 Å². The zero-order valence-corrected chi connectivity index (χ0v) is 9.43. The lowest BCUT2D eigenvalue weighted by atomic mass is 9.83. The fraction of sp³-hybridized carbons (Fsp3) is 0.667. The Morgan fingerprint density at radius 1 is 1.36 bits per heavy atom. The van der Waals surface area contributed by atoms with Gasteiger partial charge >= 0.3 is 0 Å². The second kappa shape index (κ2) is 4.94. The SMILES string of the molecule is NC(Cc1cccs1)C1CCCCC1. The molecule has 0 aliphatic heterocycles. The molecule has 0 amide bonds. The first-order valence-electron chi connectivity index (χ1n) is 5.64. The molecule has 2 rings (SSSR count). The summed E-state index contributed by atoms with van der Waals surface area (Å²) in [6.45, 7) is 0. The van der Waals surface area contributed by atoms with E-state index in [0.29, 0.717) is 6.04 Å². The molecule has 2 N–H and O–H groups in total. The summed E-state index contributed by atoms with van der Waals surface area (Å²) < 4.78 is 0. The Bertz CT molecular complexity index is 249. The van der Waals surface area contributed by atoms with Gasteiger partial charge in [-0.05, 0) is 36.6 Å². The van der Waals surface area contributed by atoms with Gasteiger partial charge in [0.25, 0.3) is 0 Å². The van der Waals surface area contributed by atoms with Crippen LogP contribution in [0.2, 0.25) is 0 Å². The Hall–Kier alpha value is -0.340. The van der Waals surface area contributed by atoms with Crippen LogP contribution in [-0.2, 0) is 6.42 Å². The molecule has 1 atom stereocenters. The van der Waals surface area contributed by atoms with Gasteiger partial charge in [0.05, 0.1) is 0 Å². The third kappa shape index (κ3) is 2.58. The minimum atomic E-state index is 0.397. The molecule has 1 aliphatic carbocycles. The van der Waals surface area contributed by atoms with Gasteiger partial charge < -0.3 is 5.73 Å². The van der Waals surface area contributed by atoms with E-state index in [1.165, 1.54) is 37.0 Å². The van der Waals surface area contributed by atoms with Crippen LogP contribution in [-0.4, -0.2) is 6.04 Å². The summed E-state index contributed by atoms with van der Waals surface area (Å²) in [5, 5.41) is 2.14. The van der Waals surface area contributed by atoms with Crippen molar-refractivity contribution in [2.24, 2.45) is 11.7 Å². The van der Waals surface area contributed by atoms with Crippen LogP contribution in [0.3, 0.4) is 0 Å². The van der Waals surface area contributed by atoms with Crippen LogP contribution in [0.5, 0.6) is 0 Å². The van der Waals surface area contributed by atoms with Crippen molar-refractivity contribution < 1.29 is 0 Å². The zero-order chi connectivity index (χ0) is 9.80. The number of rotatable bonds is 3. The van der Waals surface area contributed by atoms with Gasteiger partial charge in [-0.25, -0.2) is 0 Å². The van der Waals surface area contributed by atoms with Gasteiger partial charge in [0.2, 0.25) is 0 Å². The third-order valence-electron chi connectivity index (χ3n) is 3.27. The molecule has 0 aromatic carbocycles. The highest BCUT2D eigenvalue weighted by molar-refractivity contribution is 7.09. The van der Waals surface area contributed by atoms with Crippen LogP contribution < -0.4 is 5.73 Å². The summed E-state index contributed by atoms with van der Waals surface area (Å²) >= 11 is 1.84. The predicted molar refractivity (Wildman–Crippen MR) is 62.6 cm³/mol. The summed E-state index contributed by atoms with van der Waals surface area (Å²) in [5.74, 6) is 0.783. The quantitative estimate of drug-likeness (QED) is 0.813. The summed E-state index contributed by atoms with van der Waals surface area (Å²) in [6.07, 6.45) is 8.00. The largest absolute Gasteiger partial charge is 0.327 e. The topological polar surface area (TPSA) is 26.0 Å². The lowest BCUT2D eigenvalue weighted by Gasteiger charge is -2.27. The minimum Gasteiger partial charge on any atom is -0.327 e. The van der Waals surface area contributed by atoms with Crippen molar-refractivity contribution in [1.82, 2.24) is 0 Å². The molecule has 0 spiro atoms. The first-order valence-corrected chi connectivity index (χ1v) is 6.52. The molecule has 0 bridgehead atoms. The maximum Gasteiger partial charge on any atom is 0.0116 e. The molecule has 2 heteroatoms. The fourth-order valence-corrected chi connectivity index (χ4v) is 3.17. The summed E-state index contributed by atoms with van der Waals surface area (Å²) in [4.78, 5) is 1.45. The van der Waals surface area contributed by atoms with E-state index >= 15 is 0 Å². The van der Waals surface area contributed by atoms with E-state index in [1.54, 1.807) is 0 Å². The molecular weight excluding hydrogens is 190 g/mol. The van der Waals surface area contributed by atoms with Crippen LogP contribution in [0, 0.1) is 5.92 Å².